The van der Waals surface area contributed by atoms with E-state index in [2.05, 4.69) is 10.3 Å². The average molecular weight is 343 g/mol. The smallest absolute Gasteiger partial charge is 0.257 e. The van der Waals surface area contributed by atoms with E-state index < -0.39 is 5.54 Å². The van der Waals surface area contributed by atoms with Crippen molar-refractivity contribution in [2.45, 2.75) is 12.0 Å². The van der Waals surface area contributed by atoms with Crippen molar-refractivity contribution in [1.29, 1.82) is 0 Å². The largest absolute Gasteiger partial charge is 0.324 e. The number of benzene rings is 2. The number of pyridine rings is 1. The molecule has 4 rings (SSSR count). The van der Waals surface area contributed by atoms with Gasteiger partial charge in [-0.2, -0.15) is 0 Å². The second-order valence-electron chi connectivity index (χ2n) is 6.14. The Hall–Kier alpha value is -3.47. The van der Waals surface area contributed by atoms with Gasteiger partial charge in [-0.3, -0.25) is 19.5 Å². The van der Waals surface area contributed by atoms with Gasteiger partial charge in [-0.15, -0.1) is 0 Å². The number of nitrogens with one attached hydrogen (secondary N) is 1. The van der Waals surface area contributed by atoms with E-state index in [9.17, 15) is 9.59 Å². The summed E-state index contributed by atoms with van der Waals surface area (Å²) in [5, 5.41) is 2.93. The number of carbonyl (C=O) groups excluding carboxylic acids is 2. The Kier molecular flexibility index (Phi) is 3.97. The number of anilines is 2. The molecule has 0 radical (unpaired) electrons. The summed E-state index contributed by atoms with van der Waals surface area (Å²) in [6.45, 7) is 0. The second kappa shape index (κ2) is 6.44. The van der Waals surface area contributed by atoms with Gasteiger partial charge in [0.05, 0.1) is 12.1 Å². The lowest BCUT2D eigenvalue weighted by molar-refractivity contribution is -0.137. The van der Waals surface area contributed by atoms with Gasteiger partial charge in [-0.25, -0.2) is 0 Å². The number of hydrogen-bond donors (Lipinski definition) is 1. The summed E-state index contributed by atoms with van der Waals surface area (Å²) < 4.78 is 0. The lowest BCUT2D eigenvalue weighted by Crippen LogP contribution is -2.67. The Bertz CT molecular complexity index is 929. The Morgan fingerprint density at radius 3 is 2.19 bits per heavy atom. The number of aromatic nitrogens is 1. The van der Waals surface area contributed by atoms with Crippen LogP contribution in [0.3, 0.4) is 0 Å². The molecule has 2 heterocycles. The summed E-state index contributed by atoms with van der Waals surface area (Å²) >= 11 is 0. The van der Waals surface area contributed by atoms with Crippen LogP contribution in [-0.4, -0.2) is 16.8 Å². The summed E-state index contributed by atoms with van der Waals surface area (Å²) in [5.41, 5.74) is 0.755. The molecule has 0 spiro atoms. The molecule has 0 saturated carbocycles. The summed E-state index contributed by atoms with van der Waals surface area (Å²) in [6, 6.07) is 23.8. The number of rotatable bonds is 4. The van der Waals surface area contributed by atoms with Crippen LogP contribution < -0.4 is 10.2 Å². The van der Waals surface area contributed by atoms with Gasteiger partial charge in [0.15, 0.2) is 5.54 Å². The Labute approximate surface area is 151 Å². The Balaban J connectivity index is 1.79. The van der Waals surface area contributed by atoms with Crippen LogP contribution >= 0.6 is 0 Å². The maximum absolute atomic E-state index is 13.3. The first-order valence-electron chi connectivity index (χ1n) is 8.38. The van der Waals surface area contributed by atoms with E-state index in [4.69, 9.17) is 0 Å². The molecule has 1 aliphatic rings. The van der Waals surface area contributed by atoms with Crippen LogP contribution in [0.5, 0.6) is 0 Å². The average Bonchev–Trinajstić information content (AvgIpc) is 2.68. The van der Waals surface area contributed by atoms with E-state index in [0.29, 0.717) is 17.1 Å². The molecule has 2 amide bonds. The highest BCUT2D eigenvalue weighted by Gasteiger charge is 2.59. The molecule has 1 atom stereocenters. The van der Waals surface area contributed by atoms with Crippen LogP contribution in [0.1, 0.15) is 12.1 Å². The molecule has 0 aliphatic carbocycles. The van der Waals surface area contributed by atoms with Crippen molar-refractivity contribution >= 4 is 23.2 Å². The molecule has 0 bridgehead atoms. The molecule has 1 fully saturated rings. The molecular weight excluding hydrogens is 326 g/mol. The Morgan fingerprint density at radius 2 is 1.58 bits per heavy atom. The number of nitrogens with zero attached hydrogens (tertiary/aromatic N) is 2. The topological polar surface area (TPSA) is 62.3 Å². The fraction of sp³-hybridized carbons (Fsp3) is 0.0952. The molecule has 5 heteroatoms. The minimum Gasteiger partial charge on any atom is -0.324 e. The van der Waals surface area contributed by atoms with Gasteiger partial charge >= 0.3 is 0 Å². The van der Waals surface area contributed by atoms with Gasteiger partial charge in [0.2, 0.25) is 5.91 Å². The molecule has 128 valence electrons. The van der Waals surface area contributed by atoms with E-state index in [1.807, 2.05) is 66.7 Å². The van der Waals surface area contributed by atoms with Gasteiger partial charge in [0.25, 0.3) is 5.91 Å². The van der Waals surface area contributed by atoms with Crippen LogP contribution in [0.25, 0.3) is 0 Å². The number of para-hydroxylation sites is 2. The molecular formula is C21H17N3O2. The van der Waals surface area contributed by atoms with E-state index in [0.717, 1.165) is 0 Å². The van der Waals surface area contributed by atoms with E-state index in [1.54, 1.807) is 18.3 Å². The molecule has 3 aromatic rings. The van der Waals surface area contributed by atoms with Crippen molar-refractivity contribution in [1.82, 2.24) is 4.98 Å². The fourth-order valence-electron chi connectivity index (χ4n) is 3.31. The SMILES string of the molecule is O=C1CC(C(=O)Nc2ccccc2)(c2ccccn2)N1c1ccccc1. The van der Waals surface area contributed by atoms with Crippen LogP contribution in [-0.2, 0) is 15.1 Å². The third kappa shape index (κ3) is 2.54. The minimum atomic E-state index is -1.16. The van der Waals surface area contributed by atoms with Crippen LogP contribution in [0.4, 0.5) is 11.4 Å². The third-order valence-corrected chi connectivity index (χ3v) is 4.55. The van der Waals surface area contributed by atoms with Crippen molar-refractivity contribution in [3.8, 4) is 0 Å². The summed E-state index contributed by atoms with van der Waals surface area (Å²) in [6.07, 6.45) is 1.72. The number of hydrogen-bond acceptors (Lipinski definition) is 3. The normalized spacial score (nSPS) is 18.9. The molecule has 1 aromatic heterocycles. The third-order valence-electron chi connectivity index (χ3n) is 4.55. The fourth-order valence-corrected chi connectivity index (χ4v) is 3.31. The van der Waals surface area contributed by atoms with E-state index in [-0.39, 0.29) is 18.2 Å². The zero-order valence-corrected chi connectivity index (χ0v) is 14.0. The molecule has 5 nitrogen and oxygen atoms in total. The molecule has 1 saturated heterocycles. The first-order valence-corrected chi connectivity index (χ1v) is 8.38. The van der Waals surface area contributed by atoms with Gasteiger partial charge in [0, 0.05) is 17.6 Å². The number of β-lactam (4-membered cyclic amide) rings is 1. The van der Waals surface area contributed by atoms with Gasteiger partial charge in [-0.1, -0.05) is 42.5 Å². The molecule has 1 aliphatic heterocycles. The van der Waals surface area contributed by atoms with Gasteiger partial charge in [0.1, 0.15) is 0 Å². The summed E-state index contributed by atoms with van der Waals surface area (Å²) in [5.74, 6) is -0.379. The molecule has 2 aromatic carbocycles. The number of carbonyl (C=O) groups is 2. The van der Waals surface area contributed by atoms with Crippen LogP contribution in [0.15, 0.2) is 85.1 Å². The number of amides is 2. The van der Waals surface area contributed by atoms with Crippen molar-refractivity contribution in [2.24, 2.45) is 0 Å². The molecule has 26 heavy (non-hydrogen) atoms. The highest BCUT2D eigenvalue weighted by molar-refractivity contribution is 6.16. The Morgan fingerprint density at radius 1 is 0.923 bits per heavy atom. The van der Waals surface area contributed by atoms with Crippen LogP contribution in [0, 0.1) is 0 Å². The van der Waals surface area contributed by atoms with E-state index >= 15 is 0 Å². The van der Waals surface area contributed by atoms with E-state index in [1.165, 1.54) is 4.90 Å². The predicted molar refractivity (Wildman–Crippen MR) is 99.5 cm³/mol. The first kappa shape index (κ1) is 16.0. The van der Waals surface area contributed by atoms with Crippen LogP contribution in [0.2, 0.25) is 0 Å². The zero-order valence-electron chi connectivity index (χ0n) is 14.0. The standard InChI is InChI=1S/C21H17N3O2/c25-19-15-21(18-13-7-8-14-22-18,24(19)17-11-5-2-6-12-17)20(26)23-16-9-3-1-4-10-16/h1-14H,15H2,(H,23,26). The summed E-state index contributed by atoms with van der Waals surface area (Å²) in [4.78, 5) is 31.7. The zero-order chi connectivity index (χ0) is 18.0. The lowest BCUT2D eigenvalue weighted by Gasteiger charge is -2.49. The highest BCUT2D eigenvalue weighted by atomic mass is 16.2. The maximum atomic E-state index is 13.3. The minimum absolute atomic E-state index is 0.0809. The predicted octanol–water partition coefficient (Wildman–Crippen LogP) is 3.35. The van der Waals surface area contributed by atoms with Crippen molar-refractivity contribution < 1.29 is 9.59 Å². The molecule has 1 unspecified atom stereocenters. The van der Waals surface area contributed by atoms with Gasteiger partial charge < -0.3 is 5.32 Å². The van der Waals surface area contributed by atoms with Crippen molar-refractivity contribution in [3.63, 3.8) is 0 Å². The van der Waals surface area contributed by atoms with Gasteiger partial charge in [-0.05, 0) is 36.4 Å². The highest BCUT2D eigenvalue weighted by Crippen LogP contribution is 2.44. The maximum Gasteiger partial charge on any atom is 0.257 e. The quantitative estimate of drug-likeness (QED) is 0.739. The lowest BCUT2D eigenvalue weighted by atomic mass is 9.78. The van der Waals surface area contributed by atoms with Crippen molar-refractivity contribution in [2.75, 3.05) is 10.2 Å². The molecule has 1 N–H and O–H groups in total. The first-order chi connectivity index (χ1) is 12.7. The second-order valence-corrected chi connectivity index (χ2v) is 6.14. The van der Waals surface area contributed by atoms with Crippen molar-refractivity contribution in [3.05, 3.63) is 90.8 Å². The monoisotopic (exact) mass is 343 g/mol. The summed E-state index contributed by atoms with van der Waals surface area (Å²) in [7, 11) is 0.